The average molecular weight is 332 g/mol. The summed E-state index contributed by atoms with van der Waals surface area (Å²) < 4.78 is 15.1. The molecule has 0 spiro atoms. The van der Waals surface area contributed by atoms with E-state index in [1.165, 1.54) is 17.0 Å². The topological polar surface area (TPSA) is 68.3 Å². The van der Waals surface area contributed by atoms with E-state index in [0.29, 0.717) is 12.5 Å². The molecule has 1 aromatic heterocycles. The van der Waals surface area contributed by atoms with Gasteiger partial charge in [0, 0.05) is 12.3 Å². The minimum atomic E-state index is -0.889. The number of halogens is 1. The molecule has 1 aromatic carbocycles. The summed E-state index contributed by atoms with van der Waals surface area (Å²) >= 11 is 0. The monoisotopic (exact) mass is 332 g/mol. The number of hydrogen-bond acceptors (Lipinski definition) is 4. The van der Waals surface area contributed by atoms with E-state index in [4.69, 9.17) is 0 Å². The van der Waals surface area contributed by atoms with Crippen LogP contribution in [0.5, 0.6) is 0 Å². The first kappa shape index (κ1) is 15.7. The summed E-state index contributed by atoms with van der Waals surface area (Å²) in [6.45, 7) is 4.53. The molecule has 1 unspecified atom stereocenters. The van der Waals surface area contributed by atoms with Crippen LogP contribution in [0.1, 0.15) is 43.6 Å². The number of nitrogens with zero attached hydrogens (tertiary/aromatic N) is 4. The van der Waals surface area contributed by atoms with Crippen molar-refractivity contribution in [3.05, 3.63) is 41.5 Å². The molecule has 1 saturated heterocycles. The van der Waals surface area contributed by atoms with Gasteiger partial charge in [0.1, 0.15) is 18.0 Å². The van der Waals surface area contributed by atoms with Gasteiger partial charge in [0.15, 0.2) is 0 Å². The molecular formula is C17H23FN5O+. The lowest BCUT2D eigenvalue weighted by Crippen LogP contribution is -3.13. The second-order valence-corrected chi connectivity index (χ2v) is 7.23. The summed E-state index contributed by atoms with van der Waals surface area (Å²) in [5.41, 5.74) is -0.0853. The van der Waals surface area contributed by atoms with Gasteiger partial charge in [-0.1, -0.05) is 19.1 Å². The van der Waals surface area contributed by atoms with E-state index in [1.54, 1.807) is 12.1 Å². The Morgan fingerprint density at radius 1 is 1.33 bits per heavy atom. The molecule has 0 amide bonds. The van der Waals surface area contributed by atoms with E-state index >= 15 is 0 Å². The molecule has 2 fully saturated rings. The van der Waals surface area contributed by atoms with Crippen molar-refractivity contribution < 1.29 is 14.4 Å². The maximum Gasteiger partial charge on any atom is 0.206 e. The number of aliphatic hydroxyl groups is 1. The fourth-order valence-electron chi connectivity index (χ4n) is 3.80. The summed E-state index contributed by atoms with van der Waals surface area (Å²) in [4.78, 5) is 1.38. The second-order valence-electron chi connectivity index (χ2n) is 7.23. The molecular weight excluding hydrogens is 309 g/mol. The number of nitrogens with one attached hydrogen (secondary N) is 1. The van der Waals surface area contributed by atoms with E-state index in [9.17, 15) is 9.50 Å². The van der Waals surface area contributed by atoms with Crippen LogP contribution in [-0.4, -0.2) is 38.4 Å². The van der Waals surface area contributed by atoms with Gasteiger partial charge in [-0.3, -0.25) is 0 Å². The van der Waals surface area contributed by atoms with Crippen LogP contribution in [0.2, 0.25) is 0 Å². The molecule has 1 aliphatic carbocycles. The molecule has 2 aliphatic rings. The van der Waals surface area contributed by atoms with Crippen LogP contribution in [0.25, 0.3) is 0 Å². The number of quaternary nitrogens is 1. The van der Waals surface area contributed by atoms with Gasteiger partial charge in [-0.05, 0) is 41.0 Å². The first-order valence-electron chi connectivity index (χ1n) is 8.65. The van der Waals surface area contributed by atoms with Crippen LogP contribution in [0.3, 0.4) is 0 Å². The van der Waals surface area contributed by atoms with Crippen molar-refractivity contribution >= 4 is 0 Å². The zero-order chi connectivity index (χ0) is 16.7. The predicted molar refractivity (Wildman–Crippen MR) is 84.6 cm³/mol. The average Bonchev–Trinajstić information content (AvgIpc) is 3.31. The Morgan fingerprint density at radius 2 is 2.08 bits per heavy atom. The minimum absolute atomic E-state index is 0.0805. The molecule has 7 heteroatoms. The zero-order valence-electron chi connectivity index (χ0n) is 13.8. The van der Waals surface area contributed by atoms with Gasteiger partial charge in [0.2, 0.25) is 5.82 Å². The van der Waals surface area contributed by atoms with Crippen molar-refractivity contribution in [3.8, 4) is 0 Å². The van der Waals surface area contributed by atoms with E-state index in [-0.39, 0.29) is 11.7 Å². The molecule has 2 aromatic rings. The highest BCUT2D eigenvalue weighted by atomic mass is 19.1. The Balaban J connectivity index is 1.46. The van der Waals surface area contributed by atoms with Crippen LogP contribution in [-0.2, 0) is 12.1 Å². The van der Waals surface area contributed by atoms with Crippen LogP contribution in [0.4, 0.5) is 4.39 Å². The second kappa shape index (κ2) is 5.89. The Labute approximate surface area is 140 Å². The number of benzene rings is 1. The lowest BCUT2D eigenvalue weighted by atomic mass is 9.77. The molecule has 2 N–H and O–H groups in total. The van der Waals surface area contributed by atoms with Gasteiger partial charge in [-0.2, -0.15) is 0 Å². The van der Waals surface area contributed by atoms with Crippen LogP contribution in [0, 0.1) is 11.7 Å². The zero-order valence-corrected chi connectivity index (χ0v) is 13.8. The molecule has 3 atom stereocenters. The Morgan fingerprint density at radius 3 is 2.75 bits per heavy atom. The molecule has 128 valence electrons. The Bertz CT molecular complexity index is 714. The Hall–Kier alpha value is -1.86. The molecule has 0 bridgehead atoms. The molecule has 1 saturated carbocycles. The van der Waals surface area contributed by atoms with Gasteiger partial charge >= 0.3 is 0 Å². The van der Waals surface area contributed by atoms with Gasteiger partial charge in [0.25, 0.3) is 0 Å². The lowest BCUT2D eigenvalue weighted by Gasteiger charge is -2.41. The Kier molecular flexibility index (Phi) is 3.85. The van der Waals surface area contributed by atoms with Crippen molar-refractivity contribution in [2.45, 2.75) is 44.4 Å². The molecule has 6 nitrogen and oxygen atoms in total. The molecule has 4 rings (SSSR count). The predicted octanol–water partition coefficient (Wildman–Crippen LogP) is 0.460. The highest BCUT2D eigenvalue weighted by molar-refractivity contribution is 5.24. The largest absolute Gasteiger partial charge is 0.384 e. The standard InChI is InChI=1S/C17H22FN5O/c1-12-10-22(11-16-19-20-21-23(16)15-6-7-15)9-8-17(12,24)13-2-4-14(18)5-3-13/h2-5,12,15,24H,6-11H2,1H3/p+1/t12-,17-/m1/s1. The van der Waals surface area contributed by atoms with Gasteiger partial charge in [0.05, 0.1) is 19.1 Å². The molecule has 0 radical (unpaired) electrons. The fraction of sp³-hybridized carbons (Fsp3) is 0.588. The van der Waals surface area contributed by atoms with Crippen molar-refractivity contribution in [1.82, 2.24) is 20.2 Å². The van der Waals surface area contributed by atoms with E-state index in [1.807, 2.05) is 4.68 Å². The van der Waals surface area contributed by atoms with Crippen molar-refractivity contribution in [1.29, 1.82) is 0 Å². The third-order valence-corrected chi connectivity index (χ3v) is 5.48. The number of piperidine rings is 1. The van der Waals surface area contributed by atoms with Gasteiger partial charge in [-0.15, -0.1) is 5.10 Å². The van der Waals surface area contributed by atoms with Crippen LogP contribution >= 0.6 is 0 Å². The minimum Gasteiger partial charge on any atom is -0.384 e. The maximum atomic E-state index is 13.2. The number of rotatable bonds is 4. The summed E-state index contributed by atoms with van der Waals surface area (Å²) in [6.07, 6.45) is 2.97. The molecule has 24 heavy (non-hydrogen) atoms. The van der Waals surface area contributed by atoms with E-state index in [0.717, 1.165) is 43.9 Å². The van der Waals surface area contributed by atoms with Crippen molar-refractivity contribution in [2.75, 3.05) is 13.1 Å². The fourth-order valence-corrected chi connectivity index (χ4v) is 3.80. The summed E-state index contributed by atoms with van der Waals surface area (Å²) in [5, 5.41) is 23.2. The lowest BCUT2D eigenvalue weighted by molar-refractivity contribution is -0.926. The third kappa shape index (κ3) is 2.82. The summed E-state index contributed by atoms with van der Waals surface area (Å²) in [5.74, 6) is 0.744. The van der Waals surface area contributed by atoms with E-state index in [2.05, 4.69) is 22.4 Å². The third-order valence-electron chi connectivity index (χ3n) is 5.48. The number of aromatic nitrogens is 4. The highest BCUT2D eigenvalue weighted by Gasteiger charge is 2.43. The van der Waals surface area contributed by atoms with Gasteiger partial charge < -0.3 is 10.0 Å². The molecule has 2 heterocycles. The maximum absolute atomic E-state index is 13.2. The number of tetrazole rings is 1. The number of hydrogen-bond donors (Lipinski definition) is 2. The molecule has 1 aliphatic heterocycles. The van der Waals surface area contributed by atoms with Gasteiger partial charge in [-0.25, -0.2) is 9.07 Å². The van der Waals surface area contributed by atoms with Crippen LogP contribution < -0.4 is 4.90 Å². The van der Waals surface area contributed by atoms with Crippen LogP contribution in [0.15, 0.2) is 24.3 Å². The smallest absolute Gasteiger partial charge is 0.206 e. The first-order chi connectivity index (χ1) is 11.6. The SMILES string of the molecule is C[C@@H]1C[NH+](Cc2nnnn2C2CC2)CC[C@]1(O)c1ccc(F)cc1. The highest BCUT2D eigenvalue weighted by Crippen LogP contribution is 2.35. The first-order valence-corrected chi connectivity index (χ1v) is 8.65. The van der Waals surface area contributed by atoms with Crippen molar-refractivity contribution in [3.63, 3.8) is 0 Å². The van der Waals surface area contributed by atoms with Crippen molar-refractivity contribution in [2.24, 2.45) is 5.92 Å². The summed E-state index contributed by atoms with van der Waals surface area (Å²) in [7, 11) is 0. The normalized spacial score (nSPS) is 30.5. The van der Waals surface area contributed by atoms with E-state index < -0.39 is 5.60 Å². The quantitative estimate of drug-likeness (QED) is 0.854. The number of likely N-dealkylation sites (tertiary alicyclic amines) is 1. The summed E-state index contributed by atoms with van der Waals surface area (Å²) in [6, 6.07) is 6.72.